The fraction of sp³-hybridized carbons (Fsp3) is 0.211. The third-order valence-electron chi connectivity index (χ3n) is 4.02. The zero-order valence-corrected chi connectivity index (χ0v) is 13.7. The van der Waals surface area contributed by atoms with Gasteiger partial charge in [-0.05, 0) is 24.1 Å². The number of amides is 1. The molecular weight excluding hydrogens is 318 g/mol. The van der Waals surface area contributed by atoms with E-state index < -0.39 is 0 Å². The lowest BCUT2D eigenvalue weighted by Gasteiger charge is -2.08. The van der Waals surface area contributed by atoms with Gasteiger partial charge in [-0.1, -0.05) is 42.5 Å². The van der Waals surface area contributed by atoms with Gasteiger partial charge < -0.3 is 5.32 Å². The average molecular weight is 337 g/mol. The Kier molecular flexibility index (Phi) is 5.09. The lowest BCUT2D eigenvalue weighted by molar-refractivity contribution is -0.121. The molecule has 3 rings (SSSR count). The first-order chi connectivity index (χ1) is 12.1. The van der Waals surface area contributed by atoms with Crippen LogP contribution in [0.4, 0.5) is 0 Å². The molecule has 0 aliphatic rings. The van der Waals surface area contributed by atoms with Gasteiger partial charge in [0.2, 0.25) is 5.91 Å². The normalized spacial score (nSPS) is 10.7. The molecule has 0 aliphatic heterocycles. The Bertz CT molecular complexity index is 990. The van der Waals surface area contributed by atoms with E-state index in [2.05, 4.69) is 10.4 Å². The number of fused-ring (bicyclic) bond motifs is 1. The van der Waals surface area contributed by atoms with Crippen LogP contribution in [-0.2, 0) is 17.8 Å². The van der Waals surface area contributed by atoms with Crippen molar-refractivity contribution in [3.05, 3.63) is 80.9 Å². The van der Waals surface area contributed by atoms with Gasteiger partial charge in [0.05, 0.1) is 17.3 Å². The maximum Gasteiger partial charge on any atom is 0.273 e. The zero-order chi connectivity index (χ0) is 17.6. The van der Waals surface area contributed by atoms with Crippen LogP contribution in [0.15, 0.2) is 64.2 Å². The molecule has 1 aromatic heterocycles. The molecule has 0 spiro atoms. The minimum Gasteiger partial charge on any atom is -0.356 e. The van der Waals surface area contributed by atoms with E-state index in [1.54, 1.807) is 24.3 Å². The quantitative estimate of drug-likeness (QED) is 0.714. The second-order valence-electron chi connectivity index (χ2n) is 5.78. The lowest BCUT2D eigenvalue weighted by Crippen LogP contribution is -2.33. The molecule has 3 aromatic rings. The molecule has 0 atom stereocenters. The number of H-pyrrole nitrogens is 1. The Morgan fingerprint density at radius 3 is 2.40 bits per heavy atom. The van der Waals surface area contributed by atoms with Crippen molar-refractivity contribution in [2.24, 2.45) is 0 Å². The predicted octanol–water partition coefficient (Wildman–Crippen LogP) is 1.44. The molecule has 0 aliphatic carbocycles. The summed E-state index contributed by atoms with van der Waals surface area (Å²) in [7, 11) is 0. The van der Waals surface area contributed by atoms with E-state index in [1.165, 1.54) is 4.68 Å². The van der Waals surface area contributed by atoms with Gasteiger partial charge in [0, 0.05) is 13.0 Å². The van der Waals surface area contributed by atoms with Crippen molar-refractivity contribution in [1.29, 1.82) is 0 Å². The molecule has 0 radical (unpaired) electrons. The highest BCUT2D eigenvalue weighted by atomic mass is 16.2. The lowest BCUT2D eigenvalue weighted by atomic mass is 10.1. The number of aryl methyl sites for hydroxylation is 1. The van der Waals surface area contributed by atoms with Crippen LogP contribution in [0.25, 0.3) is 10.8 Å². The summed E-state index contributed by atoms with van der Waals surface area (Å²) in [6, 6.07) is 16.5. The minimum absolute atomic E-state index is 0.128. The first-order valence-corrected chi connectivity index (χ1v) is 8.17. The van der Waals surface area contributed by atoms with Gasteiger partial charge in [-0.15, -0.1) is 0 Å². The van der Waals surface area contributed by atoms with E-state index in [9.17, 15) is 14.4 Å². The molecule has 0 bridgehead atoms. The van der Waals surface area contributed by atoms with Crippen molar-refractivity contribution in [3.8, 4) is 0 Å². The molecule has 1 heterocycles. The third kappa shape index (κ3) is 4.03. The second kappa shape index (κ2) is 7.61. The molecule has 1 amide bonds. The zero-order valence-electron chi connectivity index (χ0n) is 13.7. The number of carbonyl (C=O) groups is 1. The SMILES string of the molecule is O=C(CCn1[nH]c(=O)c2ccccc2c1=O)NCCc1ccccc1. The van der Waals surface area contributed by atoms with Crippen LogP contribution >= 0.6 is 0 Å². The van der Waals surface area contributed by atoms with Crippen molar-refractivity contribution in [2.45, 2.75) is 19.4 Å². The summed E-state index contributed by atoms with van der Waals surface area (Å²) in [6.07, 6.45) is 0.877. The van der Waals surface area contributed by atoms with Crippen molar-refractivity contribution in [3.63, 3.8) is 0 Å². The van der Waals surface area contributed by atoms with Crippen LogP contribution in [0.2, 0.25) is 0 Å². The summed E-state index contributed by atoms with van der Waals surface area (Å²) in [6.45, 7) is 0.669. The van der Waals surface area contributed by atoms with Crippen LogP contribution in [0, 0.1) is 0 Å². The van der Waals surface area contributed by atoms with Gasteiger partial charge in [-0.25, -0.2) is 4.68 Å². The first-order valence-electron chi connectivity index (χ1n) is 8.17. The van der Waals surface area contributed by atoms with E-state index in [1.807, 2.05) is 30.3 Å². The van der Waals surface area contributed by atoms with Gasteiger partial charge in [0.25, 0.3) is 11.1 Å². The Morgan fingerprint density at radius 2 is 1.64 bits per heavy atom. The van der Waals surface area contributed by atoms with Gasteiger partial charge in [0.1, 0.15) is 0 Å². The molecule has 25 heavy (non-hydrogen) atoms. The average Bonchev–Trinajstić information content (AvgIpc) is 2.64. The number of aromatic amines is 1. The van der Waals surface area contributed by atoms with Crippen LogP contribution < -0.4 is 16.4 Å². The van der Waals surface area contributed by atoms with Gasteiger partial charge >= 0.3 is 0 Å². The number of rotatable bonds is 6. The molecule has 0 saturated heterocycles. The predicted molar refractivity (Wildman–Crippen MR) is 96.6 cm³/mol. The molecule has 6 nitrogen and oxygen atoms in total. The molecule has 2 N–H and O–H groups in total. The van der Waals surface area contributed by atoms with Crippen LogP contribution in [0.1, 0.15) is 12.0 Å². The fourth-order valence-corrected chi connectivity index (χ4v) is 2.70. The van der Waals surface area contributed by atoms with E-state index in [4.69, 9.17) is 0 Å². The summed E-state index contributed by atoms with van der Waals surface area (Å²) in [4.78, 5) is 36.3. The molecule has 2 aromatic carbocycles. The van der Waals surface area contributed by atoms with E-state index in [-0.39, 0.29) is 30.0 Å². The van der Waals surface area contributed by atoms with Crippen LogP contribution in [-0.4, -0.2) is 22.2 Å². The number of carbonyl (C=O) groups excluding carboxylic acids is 1. The molecule has 6 heteroatoms. The Balaban J connectivity index is 1.59. The standard InChI is InChI=1S/C19H19N3O3/c23-17(20-12-10-14-6-2-1-3-7-14)11-13-22-19(25)16-9-5-4-8-15(16)18(24)21-22/h1-9H,10-13H2,(H,20,23)(H,21,24). The largest absolute Gasteiger partial charge is 0.356 e. The Hall–Kier alpha value is -3.15. The number of hydrogen-bond acceptors (Lipinski definition) is 3. The number of nitrogens with one attached hydrogen (secondary N) is 2. The van der Waals surface area contributed by atoms with Crippen LogP contribution in [0.5, 0.6) is 0 Å². The molecule has 0 fully saturated rings. The maximum atomic E-state index is 12.4. The van der Waals surface area contributed by atoms with Gasteiger partial charge in [-0.2, -0.15) is 0 Å². The third-order valence-corrected chi connectivity index (χ3v) is 4.02. The maximum absolute atomic E-state index is 12.4. The Labute approximate surface area is 144 Å². The summed E-state index contributed by atoms with van der Waals surface area (Å²) < 4.78 is 1.20. The van der Waals surface area contributed by atoms with Crippen molar-refractivity contribution >= 4 is 16.7 Å². The topological polar surface area (TPSA) is 84.0 Å². The number of benzene rings is 2. The van der Waals surface area contributed by atoms with E-state index in [0.717, 1.165) is 12.0 Å². The smallest absolute Gasteiger partial charge is 0.273 e. The number of hydrogen-bond donors (Lipinski definition) is 2. The molecular formula is C19H19N3O3. The van der Waals surface area contributed by atoms with Crippen molar-refractivity contribution in [2.75, 3.05) is 6.54 Å². The van der Waals surface area contributed by atoms with E-state index in [0.29, 0.717) is 17.3 Å². The second-order valence-corrected chi connectivity index (χ2v) is 5.78. The molecule has 0 saturated carbocycles. The highest BCUT2D eigenvalue weighted by Crippen LogP contribution is 2.02. The van der Waals surface area contributed by atoms with Crippen LogP contribution in [0.3, 0.4) is 0 Å². The van der Waals surface area contributed by atoms with Crippen molar-refractivity contribution in [1.82, 2.24) is 15.1 Å². The van der Waals surface area contributed by atoms with Gasteiger partial charge in [0.15, 0.2) is 0 Å². The molecule has 128 valence electrons. The summed E-state index contributed by atoms with van der Waals surface area (Å²) in [5, 5.41) is 6.07. The summed E-state index contributed by atoms with van der Waals surface area (Å²) in [5.74, 6) is -0.156. The number of nitrogens with zero attached hydrogens (tertiary/aromatic N) is 1. The summed E-state index contributed by atoms with van der Waals surface area (Å²) in [5.41, 5.74) is 0.518. The monoisotopic (exact) mass is 337 g/mol. The highest BCUT2D eigenvalue weighted by Gasteiger charge is 2.08. The molecule has 0 unspecified atom stereocenters. The van der Waals surface area contributed by atoms with Gasteiger partial charge in [-0.3, -0.25) is 19.5 Å². The van der Waals surface area contributed by atoms with Crippen molar-refractivity contribution < 1.29 is 4.79 Å². The first kappa shape index (κ1) is 16.7. The number of aromatic nitrogens is 2. The Morgan fingerprint density at radius 1 is 0.960 bits per heavy atom. The minimum atomic E-state index is -0.334. The highest BCUT2D eigenvalue weighted by molar-refractivity contribution is 5.80. The van der Waals surface area contributed by atoms with E-state index >= 15 is 0 Å². The fourth-order valence-electron chi connectivity index (χ4n) is 2.70. The summed E-state index contributed by atoms with van der Waals surface area (Å²) >= 11 is 0.